The highest BCUT2D eigenvalue weighted by Crippen LogP contribution is 2.33. The number of nitrogens with two attached hydrogens (primary N) is 1. The molecule has 0 unspecified atom stereocenters. The van der Waals surface area contributed by atoms with Gasteiger partial charge in [-0.2, -0.15) is 0 Å². The molecule has 0 radical (unpaired) electrons. The van der Waals surface area contributed by atoms with Crippen molar-refractivity contribution in [3.05, 3.63) is 24.3 Å². The molecule has 2 fully saturated rings. The van der Waals surface area contributed by atoms with Gasteiger partial charge in [0.2, 0.25) is 0 Å². The molecule has 2 heterocycles. The number of benzene rings is 1. The Morgan fingerprint density at radius 3 is 2.59 bits per heavy atom. The van der Waals surface area contributed by atoms with Crippen molar-refractivity contribution in [1.82, 2.24) is 9.97 Å². The Hall–Kier alpha value is -1.88. The third-order valence-electron chi connectivity index (χ3n) is 4.64. The zero-order valence-electron chi connectivity index (χ0n) is 12.8. The van der Waals surface area contributed by atoms with Crippen LogP contribution in [0.1, 0.15) is 32.1 Å². The van der Waals surface area contributed by atoms with Gasteiger partial charge in [0, 0.05) is 25.2 Å². The van der Waals surface area contributed by atoms with Crippen LogP contribution in [-0.4, -0.2) is 35.1 Å². The lowest BCUT2D eigenvalue weighted by atomic mass is 10.0. The molecule has 22 heavy (non-hydrogen) atoms. The molecule has 0 amide bonds. The third kappa shape index (κ3) is 2.61. The van der Waals surface area contributed by atoms with Crippen LogP contribution >= 0.6 is 0 Å². The van der Waals surface area contributed by atoms with E-state index in [0.29, 0.717) is 18.6 Å². The van der Waals surface area contributed by atoms with Crippen LogP contribution in [0.25, 0.3) is 11.0 Å². The maximum absolute atomic E-state index is 6.00. The van der Waals surface area contributed by atoms with Gasteiger partial charge in [0.15, 0.2) is 11.6 Å². The van der Waals surface area contributed by atoms with E-state index in [1.165, 1.54) is 25.7 Å². The van der Waals surface area contributed by atoms with Crippen LogP contribution in [0.3, 0.4) is 0 Å². The number of aromatic nitrogens is 2. The number of fused-ring (bicyclic) bond motifs is 1. The summed E-state index contributed by atoms with van der Waals surface area (Å²) in [5.41, 5.74) is 7.91. The zero-order valence-corrected chi connectivity index (χ0v) is 12.8. The quantitative estimate of drug-likeness (QED) is 0.907. The van der Waals surface area contributed by atoms with Gasteiger partial charge in [0.05, 0.1) is 11.0 Å². The summed E-state index contributed by atoms with van der Waals surface area (Å²) in [4.78, 5) is 12.1. The second kappa shape index (κ2) is 5.72. The smallest absolute Gasteiger partial charge is 0.172 e. The molecular formula is C17H23N5. The summed E-state index contributed by atoms with van der Waals surface area (Å²) in [7, 11) is 0. The van der Waals surface area contributed by atoms with E-state index in [4.69, 9.17) is 15.7 Å². The van der Waals surface area contributed by atoms with Gasteiger partial charge in [-0.15, -0.1) is 0 Å². The van der Waals surface area contributed by atoms with Gasteiger partial charge in [0.1, 0.15) is 0 Å². The van der Waals surface area contributed by atoms with E-state index in [1.807, 2.05) is 24.3 Å². The van der Waals surface area contributed by atoms with Crippen molar-refractivity contribution in [2.75, 3.05) is 23.3 Å². The van der Waals surface area contributed by atoms with Crippen LogP contribution in [0.5, 0.6) is 0 Å². The first-order chi connectivity index (χ1) is 10.8. The minimum atomic E-state index is 0.379. The predicted octanol–water partition coefficient (Wildman–Crippen LogP) is 2.52. The first kappa shape index (κ1) is 13.8. The van der Waals surface area contributed by atoms with E-state index in [2.05, 4.69) is 10.2 Å². The highest BCUT2D eigenvalue weighted by atomic mass is 15.3. The van der Waals surface area contributed by atoms with Gasteiger partial charge in [-0.3, -0.25) is 0 Å². The summed E-state index contributed by atoms with van der Waals surface area (Å²) < 4.78 is 0. The average molecular weight is 297 g/mol. The summed E-state index contributed by atoms with van der Waals surface area (Å²) in [6.07, 6.45) is 6.06. The molecule has 2 aliphatic rings. The number of piperidine rings is 1. The molecule has 0 bridgehead atoms. The second-order valence-electron chi connectivity index (χ2n) is 6.38. The molecule has 1 aliphatic carbocycles. The Morgan fingerprint density at radius 2 is 1.86 bits per heavy atom. The number of hydrogen-bond acceptors (Lipinski definition) is 5. The Balaban J connectivity index is 1.78. The van der Waals surface area contributed by atoms with Crippen molar-refractivity contribution < 1.29 is 0 Å². The molecule has 5 nitrogen and oxygen atoms in total. The average Bonchev–Trinajstić information content (AvgIpc) is 3.38. The third-order valence-corrected chi connectivity index (χ3v) is 4.64. The van der Waals surface area contributed by atoms with Gasteiger partial charge in [0.25, 0.3) is 0 Å². The molecular weight excluding hydrogens is 274 g/mol. The summed E-state index contributed by atoms with van der Waals surface area (Å²) in [5, 5.41) is 3.56. The van der Waals surface area contributed by atoms with Crippen LogP contribution in [0.15, 0.2) is 24.3 Å². The van der Waals surface area contributed by atoms with E-state index in [1.54, 1.807) is 0 Å². The van der Waals surface area contributed by atoms with Crippen molar-refractivity contribution in [3.8, 4) is 0 Å². The summed E-state index contributed by atoms with van der Waals surface area (Å²) in [6, 6.07) is 9.04. The second-order valence-corrected chi connectivity index (χ2v) is 6.38. The summed E-state index contributed by atoms with van der Waals surface area (Å²) >= 11 is 0. The molecule has 3 N–H and O–H groups in total. The molecule has 0 spiro atoms. The summed E-state index contributed by atoms with van der Waals surface area (Å²) in [5.74, 6) is 1.92. The summed E-state index contributed by atoms with van der Waals surface area (Å²) in [6.45, 7) is 1.70. The molecule has 2 aromatic rings. The normalized spacial score (nSPS) is 22.0. The van der Waals surface area contributed by atoms with E-state index in [0.717, 1.165) is 35.6 Å². The first-order valence-electron chi connectivity index (χ1n) is 8.35. The first-order valence-corrected chi connectivity index (χ1v) is 8.35. The number of hydrogen-bond donors (Lipinski definition) is 2. The number of nitrogens with zero attached hydrogens (tertiary/aromatic N) is 3. The Kier molecular flexibility index (Phi) is 3.58. The minimum absolute atomic E-state index is 0.379. The number of para-hydroxylation sites is 2. The van der Waals surface area contributed by atoms with Gasteiger partial charge >= 0.3 is 0 Å². The lowest BCUT2D eigenvalue weighted by molar-refractivity contribution is 0.462. The molecule has 1 saturated carbocycles. The predicted molar refractivity (Wildman–Crippen MR) is 90.2 cm³/mol. The Morgan fingerprint density at radius 1 is 1.09 bits per heavy atom. The van der Waals surface area contributed by atoms with Crippen LogP contribution in [0.2, 0.25) is 0 Å². The lowest BCUT2D eigenvalue weighted by Crippen LogP contribution is -2.45. The zero-order chi connectivity index (χ0) is 14.9. The number of rotatable bonds is 4. The fraction of sp³-hybridized carbons (Fsp3) is 0.529. The maximum atomic E-state index is 6.00. The van der Waals surface area contributed by atoms with Crippen LogP contribution in [-0.2, 0) is 0 Å². The van der Waals surface area contributed by atoms with Gasteiger partial charge in [-0.1, -0.05) is 12.1 Å². The fourth-order valence-electron chi connectivity index (χ4n) is 3.23. The molecule has 1 aromatic carbocycles. The molecule has 5 heteroatoms. The van der Waals surface area contributed by atoms with Crippen LogP contribution in [0, 0.1) is 0 Å². The highest BCUT2D eigenvalue weighted by molar-refractivity contribution is 5.80. The standard InChI is InChI=1S/C17H23N5/c18-11-13-5-3-4-10-22(13)17-16(19-12-8-9-12)20-14-6-1-2-7-15(14)21-17/h1-2,6-7,12-13H,3-5,8-11,18H2,(H,19,20)/t13-/m0/s1. The van der Waals surface area contributed by atoms with Crippen molar-refractivity contribution in [2.45, 2.75) is 44.2 Å². The van der Waals surface area contributed by atoms with Gasteiger partial charge in [-0.25, -0.2) is 9.97 Å². The molecule has 1 saturated heterocycles. The minimum Gasteiger partial charge on any atom is -0.364 e. The largest absolute Gasteiger partial charge is 0.364 e. The Labute approximate surface area is 130 Å². The van der Waals surface area contributed by atoms with E-state index >= 15 is 0 Å². The molecule has 1 aliphatic heterocycles. The van der Waals surface area contributed by atoms with Crippen LogP contribution in [0.4, 0.5) is 11.6 Å². The Bertz CT molecular complexity index is 667. The van der Waals surface area contributed by atoms with Gasteiger partial charge < -0.3 is 16.0 Å². The number of anilines is 2. The molecule has 4 rings (SSSR count). The SMILES string of the molecule is NC[C@@H]1CCCCN1c1nc2ccccc2nc1NC1CC1. The van der Waals surface area contributed by atoms with Crippen molar-refractivity contribution >= 4 is 22.7 Å². The fourth-order valence-corrected chi connectivity index (χ4v) is 3.23. The molecule has 1 atom stereocenters. The lowest BCUT2D eigenvalue weighted by Gasteiger charge is -2.36. The van der Waals surface area contributed by atoms with Crippen molar-refractivity contribution in [3.63, 3.8) is 0 Å². The highest BCUT2D eigenvalue weighted by Gasteiger charge is 2.28. The molecule has 116 valence electrons. The van der Waals surface area contributed by atoms with Crippen molar-refractivity contribution in [2.24, 2.45) is 5.73 Å². The van der Waals surface area contributed by atoms with E-state index in [-0.39, 0.29) is 0 Å². The monoisotopic (exact) mass is 297 g/mol. The topological polar surface area (TPSA) is 67.1 Å². The van der Waals surface area contributed by atoms with E-state index in [9.17, 15) is 0 Å². The van der Waals surface area contributed by atoms with E-state index < -0.39 is 0 Å². The number of nitrogens with one attached hydrogen (secondary N) is 1. The molecule has 1 aromatic heterocycles. The maximum Gasteiger partial charge on any atom is 0.172 e. The van der Waals surface area contributed by atoms with Crippen LogP contribution < -0.4 is 16.0 Å². The van der Waals surface area contributed by atoms with Gasteiger partial charge in [-0.05, 0) is 44.2 Å². The van der Waals surface area contributed by atoms with Crippen molar-refractivity contribution in [1.29, 1.82) is 0 Å².